The number of pyridine rings is 2. The maximum Gasteiger partial charge on any atom is 0.336 e. The molecule has 2 aromatic heterocycles. The number of carboxylic acids is 1. The first-order valence-electron chi connectivity index (χ1n) is 5.90. The number of aromatic carboxylic acids is 1. The summed E-state index contributed by atoms with van der Waals surface area (Å²) in [5, 5.41) is 9.68. The van der Waals surface area contributed by atoms with Crippen LogP contribution in [0.15, 0.2) is 48.7 Å². The van der Waals surface area contributed by atoms with Gasteiger partial charge in [0.1, 0.15) is 5.82 Å². The molecular formula is C15H9FN2O2. The average molecular weight is 268 g/mol. The minimum Gasteiger partial charge on any atom is -0.478 e. The Morgan fingerprint density at radius 2 is 1.95 bits per heavy atom. The van der Waals surface area contributed by atoms with Crippen molar-refractivity contribution in [2.75, 3.05) is 0 Å². The minimum atomic E-state index is -1.08. The van der Waals surface area contributed by atoms with E-state index in [1.807, 2.05) is 0 Å². The van der Waals surface area contributed by atoms with Gasteiger partial charge in [-0.2, -0.15) is 0 Å². The number of hydrogen-bond acceptors (Lipinski definition) is 3. The predicted molar refractivity (Wildman–Crippen MR) is 71.9 cm³/mol. The van der Waals surface area contributed by atoms with Crippen molar-refractivity contribution in [3.05, 3.63) is 60.0 Å². The molecule has 20 heavy (non-hydrogen) atoms. The molecule has 0 saturated carbocycles. The van der Waals surface area contributed by atoms with Crippen molar-refractivity contribution in [3.8, 4) is 11.4 Å². The number of hydrogen-bond donors (Lipinski definition) is 1. The van der Waals surface area contributed by atoms with E-state index < -0.39 is 11.8 Å². The predicted octanol–water partition coefficient (Wildman–Crippen LogP) is 3.13. The highest BCUT2D eigenvalue weighted by Crippen LogP contribution is 2.24. The van der Waals surface area contributed by atoms with Crippen molar-refractivity contribution in [2.24, 2.45) is 0 Å². The van der Waals surface area contributed by atoms with Crippen molar-refractivity contribution in [3.63, 3.8) is 0 Å². The summed E-state index contributed by atoms with van der Waals surface area (Å²) in [6, 6.07) is 10.6. The number of nitrogens with zero attached hydrogens (tertiary/aromatic N) is 2. The number of fused-ring (bicyclic) bond motifs is 1. The highest BCUT2D eigenvalue weighted by Gasteiger charge is 2.13. The van der Waals surface area contributed by atoms with Gasteiger partial charge in [-0.15, -0.1) is 0 Å². The molecule has 0 aliphatic heterocycles. The van der Waals surface area contributed by atoms with E-state index in [9.17, 15) is 14.3 Å². The van der Waals surface area contributed by atoms with Crippen LogP contribution in [0.5, 0.6) is 0 Å². The van der Waals surface area contributed by atoms with Gasteiger partial charge in [-0.05, 0) is 30.3 Å². The van der Waals surface area contributed by atoms with Gasteiger partial charge in [-0.3, -0.25) is 4.98 Å². The van der Waals surface area contributed by atoms with Crippen LogP contribution in [0.4, 0.5) is 4.39 Å². The molecule has 0 unspecified atom stereocenters. The molecule has 1 N–H and O–H groups in total. The molecule has 98 valence electrons. The van der Waals surface area contributed by atoms with E-state index in [1.54, 1.807) is 24.4 Å². The Bertz CT molecular complexity index is 804. The van der Waals surface area contributed by atoms with Crippen molar-refractivity contribution in [1.82, 2.24) is 9.97 Å². The molecule has 1 aromatic carbocycles. The molecule has 4 nitrogen and oxygen atoms in total. The van der Waals surface area contributed by atoms with E-state index in [1.165, 1.54) is 24.3 Å². The van der Waals surface area contributed by atoms with Crippen molar-refractivity contribution in [2.45, 2.75) is 0 Å². The Kier molecular flexibility index (Phi) is 2.87. The minimum absolute atomic E-state index is 0.0793. The Labute approximate surface area is 113 Å². The van der Waals surface area contributed by atoms with Crippen molar-refractivity contribution < 1.29 is 14.3 Å². The third-order valence-electron chi connectivity index (χ3n) is 2.93. The van der Waals surface area contributed by atoms with E-state index in [0.717, 1.165) is 0 Å². The fourth-order valence-electron chi connectivity index (χ4n) is 2.02. The first-order valence-corrected chi connectivity index (χ1v) is 5.90. The Hall–Kier alpha value is -2.82. The van der Waals surface area contributed by atoms with Gasteiger partial charge in [0.15, 0.2) is 0 Å². The summed E-state index contributed by atoms with van der Waals surface area (Å²) >= 11 is 0. The lowest BCUT2D eigenvalue weighted by Crippen LogP contribution is -2.01. The second-order valence-corrected chi connectivity index (χ2v) is 4.24. The smallest absolute Gasteiger partial charge is 0.336 e. The molecule has 0 aliphatic carbocycles. The summed E-state index contributed by atoms with van der Waals surface area (Å²) in [6.45, 7) is 0. The second-order valence-electron chi connectivity index (χ2n) is 4.24. The number of halogens is 1. The highest BCUT2D eigenvalue weighted by molar-refractivity contribution is 6.03. The van der Waals surface area contributed by atoms with Crippen LogP contribution in [0.1, 0.15) is 10.4 Å². The lowest BCUT2D eigenvalue weighted by Gasteiger charge is -2.06. The van der Waals surface area contributed by atoms with Crippen LogP contribution in [0.3, 0.4) is 0 Å². The van der Waals surface area contributed by atoms with Crippen LogP contribution >= 0.6 is 0 Å². The van der Waals surface area contributed by atoms with Crippen molar-refractivity contribution >= 4 is 16.9 Å². The van der Waals surface area contributed by atoms with Crippen LogP contribution in [-0.2, 0) is 0 Å². The SMILES string of the molecule is O=C(O)c1cc(-c2ccccn2)nc2cc(F)ccc12. The van der Waals surface area contributed by atoms with Gasteiger partial charge in [0.05, 0.1) is 22.5 Å². The molecule has 0 bridgehead atoms. The standard InChI is InChI=1S/C15H9FN2O2/c16-9-4-5-10-11(15(19)20)8-14(18-13(10)7-9)12-3-1-2-6-17-12/h1-8H,(H,19,20). The van der Waals surface area contributed by atoms with Crippen molar-refractivity contribution in [1.29, 1.82) is 0 Å². The van der Waals surface area contributed by atoms with E-state index in [-0.39, 0.29) is 5.56 Å². The molecule has 0 aliphatic rings. The van der Waals surface area contributed by atoms with Gasteiger partial charge in [0, 0.05) is 17.6 Å². The fourth-order valence-corrected chi connectivity index (χ4v) is 2.02. The normalized spacial score (nSPS) is 10.7. The largest absolute Gasteiger partial charge is 0.478 e. The van der Waals surface area contributed by atoms with E-state index in [4.69, 9.17) is 0 Å². The van der Waals surface area contributed by atoms with Crippen LogP contribution < -0.4 is 0 Å². The van der Waals surface area contributed by atoms with Crippen LogP contribution in [-0.4, -0.2) is 21.0 Å². The Balaban J connectivity index is 2.32. The first-order chi connectivity index (χ1) is 9.65. The van der Waals surface area contributed by atoms with Gasteiger partial charge in [0.25, 0.3) is 0 Å². The molecule has 0 fully saturated rings. The number of carboxylic acid groups (broad SMARTS) is 1. The van der Waals surface area contributed by atoms with Crippen LogP contribution in [0.2, 0.25) is 0 Å². The lowest BCUT2D eigenvalue weighted by molar-refractivity contribution is 0.0699. The monoisotopic (exact) mass is 268 g/mol. The Morgan fingerprint density at radius 3 is 2.65 bits per heavy atom. The van der Waals surface area contributed by atoms with E-state index in [2.05, 4.69) is 9.97 Å². The number of carbonyl (C=O) groups is 1. The molecule has 0 spiro atoms. The van der Waals surface area contributed by atoms with Crippen LogP contribution in [0.25, 0.3) is 22.3 Å². The van der Waals surface area contributed by atoms with Gasteiger partial charge >= 0.3 is 5.97 Å². The first kappa shape index (κ1) is 12.2. The summed E-state index contributed by atoms with van der Waals surface area (Å²) in [7, 11) is 0. The molecule has 2 heterocycles. The fraction of sp³-hybridized carbons (Fsp3) is 0. The topological polar surface area (TPSA) is 63.1 Å². The van der Waals surface area contributed by atoms with Gasteiger partial charge < -0.3 is 5.11 Å². The quantitative estimate of drug-likeness (QED) is 0.775. The summed E-state index contributed by atoms with van der Waals surface area (Å²) in [5.41, 5.74) is 1.32. The van der Waals surface area contributed by atoms with Gasteiger partial charge in [-0.1, -0.05) is 6.07 Å². The highest BCUT2D eigenvalue weighted by atomic mass is 19.1. The maximum absolute atomic E-state index is 13.3. The third-order valence-corrected chi connectivity index (χ3v) is 2.93. The number of rotatable bonds is 2. The zero-order chi connectivity index (χ0) is 14.1. The second kappa shape index (κ2) is 4.70. The molecule has 0 saturated heterocycles. The summed E-state index contributed by atoms with van der Waals surface area (Å²) in [5.74, 6) is -1.54. The third kappa shape index (κ3) is 2.09. The number of benzene rings is 1. The van der Waals surface area contributed by atoms with Gasteiger partial charge in [0.2, 0.25) is 0 Å². The molecule has 0 radical (unpaired) electrons. The zero-order valence-electron chi connectivity index (χ0n) is 10.2. The van der Waals surface area contributed by atoms with Crippen LogP contribution in [0, 0.1) is 5.82 Å². The molecule has 0 amide bonds. The molecule has 3 rings (SSSR count). The Morgan fingerprint density at radius 1 is 1.10 bits per heavy atom. The summed E-state index contributed by atoms with van der Waals surface area (Å²) in [6.07, 6.45) is 1.59. The van der Waals surface area contributed by atoms with Gasteiger partial charge in [-0.25, -0.2) is 14.2 Å². The maximum atomic E-state index is 13.3. The number of aromatic nitrogens is 2. The molecule has 5 heteroatoms. The zero-order valence-corrected chi connectivity index (χ0v) is 10.2. The molecule has 0 atom stereocenters. The lowest BCUT2D eigenvalue weighted by atomic mass is 10.1. The average Bonchev–Trinajstić information content (AvgIpc) is 2.46. The molecule has 3 aromatic rings. The van der Waals surface area contributed by atoms with E-state index >= 15 is 0 Å². The van der Waals surface area contributed by atoms with E-state index in [0.29, 0.717) is 22.3 Å². The molecular weight excluding hydrogens is 259 g/mol. The summed E-state index contributed by atoms with van der Waals surface area (Å²) in [4.78, 5) is 19.8. The summed E-state index contributed by atoms with van der Waals surface area (Å²) < 4.78 is 13.3.